The topological polar surface area (TPSA) is 12.9 Å². The summed E-state index contributed by atoms with van der Waals surface area (Å²) >= 11 is 7.10. The van der Waals surface area contributed by atoms with Crippen LogP contribution in [-0.2, 0) is 6.42 Å². The number of aromatic nitrogens is 1. The van der Waals surface area contributed by atoms with Gasteiger partial charge in [-0.05, 0) is 40.4 Å². The highest BCUT2D eigenvalue weighted by Gasteiger charge is 2.12. The molecular weight excluding hydrogens is 306 g/mol. The van der Waals surface area contributed by atoms with Crippen LogP contribution in [0.2, 0.25) is 0 Å². The Balaban J connectivity index is 2.77. The van der Waals surface area contributed by atoms with Crippen LogP contribution in [0, 0.1) is 12.8 Å². The molecule has 1 atom stereocenters. The minimum Gasteiger partial charge on any atom is -0.260 e. The smallest absolute Gasteiger partial charge is 0.0444 e. The molecule has 0 saturated heterocycles. The zero-order valence-electron chi connectivity index (χ0n) is 8.72. The summed E-state index contributed by atoms with van der Waals surface area (Å²) in [6.07, 6.45) is 2.86. The predicted octanol–water partition coefficient (Wildman–Crippen LogP) is 4.11. The van der Waals surface area contributed by atoms with Crippen molar-refractivity contribution in [2.24, 2.45) is 5.92 Å². The molecule has 1 aromatic rings. The molecule has 0 radical (unpaired) electrons. The molecule has 0 aliphatic heterocycles. The molecule has 0 aromatic carbocycles. The Morgan fingerprint density at radius 2 is 2.07 bits per heavy atom. The van der Waals surface area contributed by atoms with Crippen LogP contribution in [-0.4, -0.2) is 9.81 Å². The normalized spacial score (nSPS) is 13.3. The van der Waals surface area contributed by atoms with Crippen LogP contribution in [0.15, 0.2) is 16.7 Å². The molecule has 0 aliphatic rings. The molecule has 0 aliphatic carbocycles. The van der Waals surface area contributed by atoms with Crippen LogP contribution in [0.1, 0.15) is 25.1 Å². The Kier molecular flexibility index (Phi) is 4.58. The third-order valence-corrected chi connectivity index (χ3v) is 4.08. The Bertz CT molecular complexity index is 310. The molecule has 0 bridgehead atoms. The zero-order valence-corrected chi connectivity index (χ0v) is 11.9. The molecular formula is C11H15Br2N. The minimum atomic E-state index is 0.509. The van der Waals surface area contributed by atoms with Crippen LogP contribution >= 0.6 is 31.9 Å². The van der Waals surface area contributed by atoms with Gasteiger partial charge in [0.15, 0.2) is 0 Å². The van der Waals surface area contributed by atoms with Gasteiger partial charge in [0.1, 0.15) is 0 Å². The average molecular weight is 321 g/mol. The van der Waals surface area contributed by atoms with Gasteiger partial charge in [-0.25, -0.2) is 0 Å². The quantitative estimate of drug-likeness (QED) is 0.764. The van der Waals surface area contributed by atoms with Gasteiger partial charge in [-0.15, -0.1) is 0 Å². The summed E-state index contributed by atoms with van der Waals surface area (Å²) in [5, 5.41) is 0. The van der Waals surface area contributed by atoms with Crippen molar-refractivity contribution in [1.29, 1.82) is 0 Å². The van der Waals surface area contributed by atoms with E-state index >= 15 is 0 Å². The number of nitrogens with zero attached hydrogens (tertiary/aromatic N) is 1. The van der Waals surface area contributed by atoms with Crippen LogP contribution < -0.4 is 0 Å². The molecule has 0 saturated carbocycles. The standard InChI is InChI=1S/C11H15Br2N/c1-7(2)10(13)5-11-8(3)4-9(12)6-14-11/h4,6-7,10H,5H2,1-3H3. The average Bonchev–Trinajstić information content (AvgIpc) is 2.09. The fourth-order valence-corrected chi connectivity index (χ4v) is 1.96. The van der Waals surface area contributed by atoms with E-state index in [1.807, 2.05) is 6.20 Å². The van der Waals surface area contributed by atoms with Crippen LogP contribution in [0.4, 0.5) is 0 Å². The largest absolute Gasteiger partial charge is 0.260 e. The number of rotatable bonds is 3. The molecule has 78 valence electrons. The fourth-order valence-electron chi connectivity index (χ4n) is 1.20. The van der Waals surface area contributed by atoms with E-state index in [1.54, 1.807) is 0 Å². The molecule has 1 aromatic heterocycles. The number of alkyl halides is 1. The van der Waals surface area contributed by atoms with Crippen molar-refractivity contribution in [3.8, 4) is 0 Å². The van der Waals surface area contributed by atoms with E-state index in [1.165, 1.54) is 11.3 Å². The van der Waals surface area contributed by atoms with E-state index in [0.29, 0.717) is 10.7 Å². The third kappa shape index (κ3) is 3.35. The lowest BCUT2D eigenvalue weighted by molar-refractivity contribution is 0.606. The number of aryl methyl sites for hydroxylation is 1. The van der Waals surface area contributed by atoms with E-state index in [9.17, 15) is 0 Å². The van der Waals surface area contributed by atoms with Gasteiger partial charge >= 0.3 is 0 Å². The molecule has 3 heteroatoms. The first kappa shape index (κ1) is 12.2. The molecule has 14 heavy (non-hydrogen) atoms. The highest BCUT2D eigenvalue weighted by atomic mass is 79.9. The molecule has 0 fully saturated rings. The first-order chi connectivity index (χ1) is 6.50. The Hall–Kier alpha value is 0.110. The molecule has 1 rings (SSSR count). The van der Waals surface area contributed by atoms with Crippen molar-refractivity contribution in [2.45, 2.75) is 32.0 Å². The van der Waals surface area contributed by atoms with E-state index in [0.717, 1.165) is 10.9 Å². The molecule has 0 spiro atoms. The monoisotopic (exact) mass is 319 g/mol. The highest BCUT2D eigenvalue weighted by Crippen LogP contribution is 2.20. The van der Waals surface area contributed by atoms with E-state index in [2.05, 4.69) is 63.7 Å². The summed E-state index contributed by atoms with van der Waals surface area (Å²) in [5.41, 5.74) is 2.44. The highest BCUT2D eigenvalue weighted by molar-refractivity contribution is 9.10. The summed E-state index contributed by atoms with van der Waals surface area (Å²) in [4.78, 5) is 4.93. The summed E-state index contributed by atoms with van der Waals surface area (Å²) in [6.45, 7) is 6.54. The number of hydrogen-bond donors (Lipinski definition) is 0. The Morgan fingerprint density at radius 3 is 2.57 bits per heavy atom. The zero-order chi connectivity index (χ0) is 10.7. The lowest BCUT2D eigenvalue weighted by atomic mass is 10.0. The number of hydrogen-bond acceptors (Lipinski definition) is 1. The molecule has 1 heterocycles. The maximum absolute atomic E-state index is 4.42. The van der Waals surface area contributed by atoms with Crippen molar-refractivity contribution in [3.63, 3.8) is 0 Å². The third-order valence-electron chi connectivity index (χ3n) is 2.27. The van der Waals surface area contributed by atoms with Crippen LogP contribution in [0.3, 0.4) is 0 Å². The van der Waals surface area contributed by atoms with E-state index in [-0.39, 0.29) is 0 Å². The maximum atomic E-state index is 4.42. The lowest BCUT2D eigenvalue weighted by Gasteiger charge is -2.14. The van der Waals surface area contributed by atoms with Gasteiger partial charge in [0.25, 0.3) is 0 Å². The van der Waals surface area contributed by atoms with Crippen molar-refractivity contribution >= 4 is 31.9 Å². The number of pyridine rings is 1. The van der Waals surface area contributed by atoms with Gasteiger partial charge in [0.05, 0.1) is 0 Å². The molecule has 1 unspecified atom stereocenters. The van der Waals surface area contributed by atoms with Crippen LogP contribution in [0.25, 0.3) is 0 Å². The lowest BCUT2D eigenvalue weighted by Crippen LogP contribution is -2.12. The van der Waals surface area contributed by atoms with Crippen molar-refractivity contribution in [1.82, 2.24) is 4.98 Å². The van der Waals surface area contributed by atoms with Gasteiger partial charge in [-0.3, -0.25) is 4.98 Å². The second-order valence-electron chi connectivity index (χ2n) is 3.88. The SMILES string of the molecule is Cc1cc(Br)cnc1CC(Br)C(C)C. The second-order valence-corrected chi connectivity index (χ2v) is 5.97. The van der Waals surface area contributed by atoms with E-state index < -0.39 is 0 Å². The summed E-state index contributed by atoms with van der Waals surface area (Å²) in [7, 11) is 0. The van der Waals surface area contributed by atoms with Gasteiger partial charge in [0, 0.05) is 27.6 Å². The van der Waals surface area contributed by atoms with Crippen molar-refractivity contribution < 1.29 is 0 Å². The molecule has 0 N–H and O–H groups in total. The van der Waals surface area contributed by atoms with E-state index in [4.69, 9.17) is 0 Å². The van der Waals surface area contributed by atoms with Gasteiger partial charge in [-0.2, -0.15) is 0 Å². The van der Waals surface area contributed by atoms with Gasteiger partial charge in [0.2, 0.25) is 0 Å². The molecule has 1 nitrogen and oxygen atoms in total. The first-order valence-corrected chi connectivity index (χ1v) is 6.46. The van der Waals surface area contributed by atoms with Crippen LogP contribution in [0.5, 0.6) is 0 Å². The first-order valence-electron chi connectivity index (χ1n) is 4.75. The molecule has 0 amide bonds. The number of halogens is 2. The summed E-state index contributed by atoms with van der Waals surface area (Å²) < 4.78 is 1.05. The van der Waals surface area contributed by atoms with Crippen molar-refractivity contribution in [3.05, 3.63) is 28.0 Å². The Labute approximate surface area is 103 Å². The second kappa shape index (κ2) is 5.26. The fraction of sp³-hybridized carbons (Fsp3) is 0.545. The maximum Gasteiger partial charge on any atom is 0.0444 e. The summed E-state index contributed by atoms with van der Waals surface area (Å²) in [6, 6.07) is 2.11. The van der Waals surface area contributed by atoms with Gasteiger partial charge < -0.3 is 0 Å². The predicted molar refractivity (Wildman–Crippen MR) is 67.9 cm³/mol. The summed E-state index contributed by atoms with van der Waals surface area (Å²) in [5.74, 6) is 0.639. The Morgan fingerprint density at radius 1 is 1.43 bits per heavy atom. The van der Waals surface area contributed by atoms with Crippen molar-refractivity contribution in [2.75, 3.05) is 0 Å². The van der Waals surface area contributed by atoms with Gasteiger partial charge in [-0.1, -0.05) is 29.8 Å². The minimum absolute atomic E-state index is 0.509.